The summed E-state index contributed by atoms with van der Waals surface area (Å²) in [6.07, 6.45) is 4.90. The Balaban J connectivity index is 0.00000441. The van der Waals surface area contributed by atoms with E-state index >= 15 is 0 Å². The lowest BCUT2D eigenvalue weighted by atomic mass is 10.2. The van der Waals surface area contributed by atoms with Gasteiger partial charge in [-0.3, -0.25) is 4.99 Å². The number of halogens is 1. The number of ether oxygens (including phenoxy) is 3. The number of hydrogen-bond donors (Lipinski definition) is 2. The average molecular weight is 429 g/mol. The Labute approximate surface area is 151 Å². The molecule has 1 saturated heterocycles. The van der Waals surface area contributed by atoms with Crippen molar-refractivity contribution in [1.82, 2.24) is 10.6 Å². The predicted molar refractivity (Wildman–Crippen MR) is 100 cm³/mol. The van der Waals surface area contributed by atoms with Crippen LogP contribution < -0.4 is 10.6 Å². The van der Waals surface area contributed by atoms with Gasteiger partial charge in [-0.15, -0.1) is 24.0 Å². The first-order valence-electron chi connectivity index (χ1n) is 8.08. The number of rotatable bonds is 11. The van der Waals surface area contributed by atoms with Crippen LogP contribution >= 0.6 is 24.0 Å². The quantitative estimate of drug-likeness (QED) is 0.227. The molecule has 1 rings (SSSR count). The fourth-order valence-electron chi connectivity index (χ4n) is 2.05. The molecule has 22 heavy (non-hydrogen) atoms. The van der Waals surface area contributed by atoms with E-state index in [2.05, 4.69) is 22.5 Å². The van der Waals surface area contributed by atoms with Crippen LogP contribution in [0, 0.1) is 0 Å². The summed E-state index contributed by atoms with van der Waals surface area (Å²) in [5, 5.41) is 6.49. The van der Waals surface area contributed by atoms with E-state index in [1.54, 1.807) is 7.05 Å². The predicted octanol–water partition coefficient (Wildman–Crippen LogP) is 1.78. The molecule has 0 saturated carbocycles. The highest BCUT2D eigenvalue weighted by Gasteiger charge is 2.15. The molecule has 0 aromatic carbocycles. The van der Waals surface area contributed by atoms with E-state index in [0.717, 1.165) is 51.5 Å². The minimum atomic E-state index is 0. The van der Waals surface area contributed by atoms with Gasteiger partial charge in [0, 0.05) is 33.4 Å². The zero-order chi connectivity index (χ0) is 15.2. The lowest BCUT2D eigenvalue weighted by molar-refractivity contribution is 0.0487. The van der Waals surface area contributed by atoms with Crippen molar-refractivity contribution in [2.45, 2.75) is 38.7 Å². The van der Waals surface area contributed by atoms with Crippen LogP contribution in [0.3, 0.4) is 0 Å². The molecule has 0 aliphatic carbocycles. The first kappa shape index (κ1) is 21.9. The summed E-state index contributed by atoms with van der Waals surface area (Å²) in [6, 6.07) is 0. The maximum Gasteiger partial charge on any atom is 0.191 e. The Morgan fingerprint density at radius 2 is 1.95 bits per heavy atom. The SMILES string of the molecule is CCCCOCCOCCNC(=NC)NCC1CCCO1.I. The van der Waals surface area contributed by atoms with E-state index in [1.165, 1.54) is 6.42 Å². The van der Waals surface area contributed by atoms with Crippen molar-refractivity contribution >= 4 is 29.9 Å². The van der Waals surface area contributed by atoms with Crippen LogP contribution in [0.5, 0.6) is 0 Å². The van der Waals surface area contributed by atoms with E-state index in [-0.39, 0.29) is 24.0 Å². The minimum Gasteiger partial charge on any atom is -0.379 e. The van der Waals surface area contributed by atoms with Crippen molar-refractivity contribution in [2.24, 2.45) is 4.99 Å². The molecule has 1 fully saturated rings. The molecule has 7 heteroatoms. The van der Waals surface area contributed by atoms with Gasteiger partial charge in [-0.1, -0.05) is 13.3 Å². The van der Waals surface area contributed by atoms with Crippen molar-refractivity contribution in [3.8, 4) is 0 Å². The van der Waals surface area contributed by atoms with Crippen molar-refractivity contribution in [2.75, 3.05) is 53.2 Å². The molecule has 1 unspecified atom stereocenters. The highest BCUT2D eigenvalue weighted by atomic mass is 127. The van der Waals surface area contributed by atoms with Crippen molar-refractivity contribution < 1.29 is 14.2 Å². The molecule has 0 radical (unpaired) electrons. The molecule has 1 heterocycles. The smallest absolute Gasteiger partial charge is 0.191 e. The van der Waals surface area contributed by atoms with Crippen LogP contribution in [0.25, 0.3) is 0 Å². The van der Waals surface area contributed by atoms with Crippen LogP contribution in [0.1, 0.15) is 32.6 Å². The van der Waals surface area contributed by atoms with Gasteiger partial charge in [-0.25, -0.2) is 0 Å². The van der Waals surface area contributed by atoms with E-state index < -0.39 is 0 Å². The first-order chi connectivity index (χ1) is 10.4. The zero-order valence-electron chi connectivity index (χ0n) is 13.9. The van der Waals surface area contributed by atoms with Crippen LogP contribution in [0.4, 0.5) is 0 Å². The summed E-state index contributed by atoms with van der Waals surface area (Å²) in [6.45, 7) is 7.39. The second-order valence-corrected chi connectivity index (χ2v) is 5.09. The van der Waals surface area contributed by atoms with Crippen LogP contribution in [0.2, 0.25) is 0 Å². The number of nitrogens with zero attached hydrogens (tertiary/aromatic N) is 1. The van der Waals surface area contributed by atoms with Gasteiger partial charge in [0.15, 0.2) is 5.96 Å². The Morgan fingerprint density at radius 3 is 2.59 bits per heavy atom. The molecule has 0 aromatic rings. The molecular formula is C15H32IN3O3. The zero-order valence-corrected chi connectivity index (χ0v) is 16.3. The van der Waals surface area contributed by atoms with Gasteiger partial charge in [-0.2, -0.15) is 0 Å². The highest BCUT2D eigenvalue weighted by Crippen LogP contribution is 2.10. The van der Waals surface area contributed by atoms with Crippen LogP contribution in [-0.4, -0.2) is 65.2 Å². The number of hydrogen-bond acceptors (Lipinski definition) is 4. The van der Waals surface area contributed by atoms with Crippen LogP contribution in [-0.2, 0) is 14.2 Å². The number of guanidine groups is 1. The molecule has 1 aliphatic rings. The average Bonchev–Trinajstić information content (AvgIpc) is 3.02. The fourth-order valence-corrected chi connectivity index (χ4v) is 2.05. The van der Waals surface area contributed by atoms with E-state index in [9.17, 15) is 0 Å². The van der Waals surface area contributed by atoms with Crippen molar-refractivity contribution in [3.63, 3.8) is 0 Å². The monoisotopic (exact) mass is 429 g/mol. The molecular weight excluding hydrogens is 397 g/mol. The standard InChI is InChI=1S/C15H31N3O3.HI/c1-3-4-8-19-11-12-20-10-7-17-15(16-2)18-13-14-6-5-9-21-14;/h14H,3-13H2,1-2H3,(H2,16,17,18);1H. The second kappa shape index (κ2) is 15.8. The third-order valence-electron chi connectivity index (χ3n) is 3.30. The summed E-state index contributed by atoms with van der Waals surface area (Å²) in [5.41, 5.74) is 0. The Kier molecular flexibility index (Phi) is 15.7. The maximum atomic E-state index is 5.56. The largest absolute Gasteiger partial charge is 0.379 e. The highest BCUT2D eigenvalue weighted by molar-refractivity contribution is 14.0. The lowest BCUT2D eigenvalue weighted by Gasteiger charge is -2.15. The molecule has 6 nitrogen and oxygen atoms in total. The molecule has 1 atom stereocenters. The van der Waals surface area contributed by atoms with Crippen molar-refractivity contribution in [1.29, 1.82) is 0 Å². The normalized spacial score (nSPS) is 18.1. The van der Waals surface area contributed by atoms with E-state index in [0.29, 0.717) is 25.9 Å². The summed E-state index contributed by atoms with van der Waals surface area (Å²) in [5.74, 6) is 0.799. The fraction of sp³-hybridized carbons (Fsp3) is 0.933. The van der Waals surface area contributed by atoms with E-state index in [1.807, 2.05) is 0 Å². The summed E-state index contributed by atoms with van der Waals surface area (Å²) >= 11 is 0. The Morgan fingerprint density at radius 1 is 1.18 bits per heavy atom. The van der Waals surface area contributed by atoms with Gasteiger partial charge < -0.3 is 24.8 Å². The van der Waals surface area contributed by atoms with Gasteiger partial charge >= 0.3 is 0 Å². The molecule has 0 aromatic heterocycles. The van der Waals surface area contributed by atoms with Gasteiger partial charge in [0.05, 0.1) is 25.9 Å². The van der Waals surface area contributed by atoms with Gasteiger partial charge in [0.25, 0.3) is 0 Å². The van der Waals surface area contributed by atoms with Gasteiger partial charge in [-0.05, 0) is 19.3 Å². The van der Waals surface area contributed by atoms with Gasteiger partial charge in [0.2, 0.25) is 0 Å². The second-order valence-electron chi connectivity index (χ2n) is 5.09. The Hall–Kier alpha value is -0.120. The molecule has 0 bridgehead atoms. The topological polar surface area (TPSA) is 64.1 Å². The van der Waals surface area contributed by atoms with Crippen molar-refractivity contribution in [3.05, 3.63) is 0 Å². The maximum absolute atomic E-state index is 5.56. The molecule has 2 N–H and O–H groups in total. The van der Waals surface area contributed by atoms with Crippen LogP contribution in [0.15, 0.2) is 4.99 Å². The summed E-state index contributed by atoms with van der Waals surface area (Å²) in [7, 11) is 1.77. The number of unbranched alkanes of at least 4 members (excludes halogenated alkanes) is 1. The van der Waals surface area contributed by atoms with E-state index in [4.69, 9.17) is 14.2 Å². The number of nitrogens with one attached hydrogen (secondary N) is 2. The first-order valence-corrected chi connectivity index (χ1v) is 8.08. The molecule has 0 spiro atoms. The summed E-state index contributed by atoms with van der Waals surface area (Å²) in [4.78, 5) is 4.18. The molecule has 132 valence electrons. The number of aliphatic imine (C=N–C) groups is 1. The third kappa shape index (κ3) is 11.4. The molecule has 1 aliphatic heterocycles. The van der Waals surface area contributed by atoms with Gasteiger partial charge in [0.1, 0.15) is 0 Å². The summed E-state index contributed by atoms with van der Waals surface area (Å²) < 4.78 is 16.5. The molecule has 0 amide bonds. The lowest BCUT2D eigenvalue weighted by Crippen LogP contribution is -2.42. The Bertz CT molecular complexity index is 275. The minimum absolute atomic E-state index is 0. The third-order valence-corrected chi connectivity index (χ3v) is 3.30.